The molecule has 1 heterocycles. The van der Waals surface area contributed by atoms with Crippen molar-refractivity contribution in [3.05, 3.63) is 29.3 Å². The molecule has 0 aliphatic heterocycles. The summed E-state index contributed by atoms with van der Waals surface area (Å²) >= 11 is 0. The Kier molecular flexibility index (Phi) is 2.62. The Bertz CT molecular complexity index is 274. The van der Waals surface area contributed by atoms with Gasteiger partial charge in [-0.15, -0.1) is 0 Å². The van der Waals surface area contributed by atoms with Crippen LogP contribution < -0.4 is 0 Å². The van der Waals surface area contributed by atoms with E-state index >= 15 is 0 Å². The molecule has 0 N–H and O–H groups in total. The topological polar surface area (TPSA) is 12.9 Å². The fourth-order valence-electron chi connectivity index (χ4n) is 0.836. The summed E-state index contributed by atoms with van der Waals surface area (Å²) in [6, 6.07) is 0. The number of nitrogens with zero attached hydrogens (tertiary/aromatic N) is 1. The van der Waals surface area contributed by atoms with Gasteiger partial charge in [0.05, 0.1) is 11.8 Å². The highest BCUT2D eigenvalue weighted by atomic mass is 19.3. The summed E-state index contributed by atoms with van der Waals surface area (Å²) in [4.78, 5) is 3.25. The number of rotatable bonds is 2. The summed E-state index contributed by atoms with van der Waals surface area (Å²) in [5.41, 5.74) is -1.29. The molecule has 1 aromatic heterocycles. The number of pyridine rings is 1. The first-order valence-electron chi connectivity index (χ1n) is 3.13. The van der Waals surface area contributed by atoms with Crippen LogP contribution in [0.5, 0.6) is 0 Å². The fourth-order valence-corrected chi connectivity index (χ4v) is 0.836. The molecular weight excluding hydrogens is 174 g/mol. The lowest BCUT2D eigenvalue weighted by molar-refractivity contribution is 0.144. The van der Waals surface area contributed by atoms with Crippen LogP contribution in [0.3, 0.4) is 0 Å². The number of aromatic nitrogens is 1. The monoisotopic (exact) mass is 179 g/mol. The average Bonchev–Trinajstić information content (AvgIpc) is 2.03. The molecule has 1 nitrogen and oxygen atoms in total. The maximum atomic E-state index is 12.6. The third kappa shape index (κ3) is 1.54. The molecule has 0 amide bonds. The molecule has 0 unspecified atom stereocenters. The lowest BCUT2D eigenvalue weighted by Gasteiger charge is -2.04. The second kappa shape index (κ2) is 3.51. The zero-order valence-corrected chi connectivity index (χ0v) is 5.90. The highest BCUT2D eigenvalue weighted by Crippen LogP contribution is 2.25. The Morgan fingerprint density at radius 2 is 2.00 bits per heavy atom. The summed E-state index contributed by atoms with van der Waals surface area (Å²) < 4.78 is 48.6. The van der Waals surface area contributed by atoms with Gasteiger partial charge >= 0.3 is 0 Å². The third-order valence-corrected chi connectivity index (χ3v) is 1.38. The van der Waals surface area contributed by atoms with E-state index in [1.807, 2.05) is 0 Å². The molecule has 5 heteroatoms. The quantitative estimate of drug-likeness (QED) is 0.636. The predicted octanol–water partition coefficient (Wildman–Crippen LogP) is 2.63. The van der Waals surface area contributed by atoms with Crippen LogP contribution in [0.1, 0.15) is 17.6 Å². The molecule has 66 valence electrons. The molecule has 1 aromatic rings. The molecule has 0 aromatic carbocycles. The molecular formula is C7H5F4N. The highest BCUT2D eigenvalue weighted by molar-refractivity contribution is 5.25. The van der Waals surface area contributed by atoms with Crippen molar-refractivity contribution in [2.24, 2.45) is 0 Å². The van der Waals surface area contributed by atoms with Crippen LogP contribution in [0.25, 0.3) is 0 Å². The normalized spacial score (nSPS) is 10.8. The summed E-state index contributed by atoms with van der Waals surface area (Å²) in [6.07, 6.45) is -1.47. The van der Waals surface area contributed by atoms with Gasteiger partial charge < -0.3 is 0 Å². The molecule has 0 saturated carbocycles. The average molecular weight is 179 g/mol. The largest absolute Gasteiger partial charge is 0.267 e. The van der Waals surface area contributed by atoms with Gasteiger partial charge in [-0.25, -0.2) is 17.6 Å². The van der Waals surface area contributed by atoms with E-state index in [1.165, 1.54) is 0 Å². The van der Waals surface area contributed by atoms with Crippen LogP contribution in [0, 0.1) is 5.82 Å². The zero-order chi connectivity index (χ0) is 9.14. The van der Waals surface area contributed by atoms with Gasteiger partial charge in [-0.05, 0) is 0 Å². The van der Waals surface area contributed by atoms with Gasteiger partial charge in [0.25, 0.3) is 6.43 Å². The fraction of sp³-hybridized carbons (Fsp3) is 0.286. The summed E-state index contributed by atoms with van der Waals surface area (Å²) in [5, 5.41) is 0. The second-order valence-electron chi connectivity index (χ2n) is 2.13. The Hall–Kier alpha value is -1.13. The molecule has 0 aliphatic carbocycles. The van der Waals surface area contributed by atoms with Gasteiger partial charge in [0, 0.05) is 11.8 Å². The van der Waals surface area contributed by atoms with E-state index < -0.39 is 30.0 Å². The van der Waals surface area contributed by atoms with Gasteiger partial charge in [0.2, 0.25) is 0 Å². The van der Waals surface area contributed by atoms with E-state index in [0.717, 1.165) is 6.20 Å². The molecule has 0 saturated heterocycles. The second-order valence-corrected chi connectivity index (χ2v) is 2.13. The number of halogens is 4. The van der Waals surface area contributed by atoms with Crippen molar-refractivity contribution in [1.82, 2.24) is 4.98 Å². The summed E-state index contributed by atoms with van der Waals surface area (Å²) in [6.45, 7) is -1.13. The van der Waals surface area contributed by atoms with Crippen molar-refractivity contribution >= 4 is 0 Å². The third-order valence-electron chi connectivity index (χ3n) is 1.38. The molecule has 0 atom stereocenters. The van der Waals surface area contributed by atoms with Gasteiger partial charge in [-0.1, -0.05) is 0 Å². The number of hydrogen-bond donors (Lipinski definition) is 0. The van der Waals surface area contributed by atoms with Crippen molar-refractivity contribution in [3.63, 3.8) is 0 Å². The van der Waals surface area contributed by atoms with Crippen LogP contribution in [0.15, 0.2) is 12.4 Å². The maximum Gasteiger partial charge on any atom is 0.267 e. The van der Waals surface area contributed by atoms with Crippen molar-refractivity contribution in [2.45, 2.75) is 13.1 Å². The van der Waals surface area contributed by atoms with Crippen LogP contribution in [0.2, 0.25) is 0 Å². The molecule has 0 radical (unpaired) electrons. The van der Waals surface area contributed by atoms with E-state index in [0.29, 0.717) is 6.20 Å². The molecule has 12 heavy (non-hydrogen) atoms. The Labute approximate surface area is 66.0 Å². The van der Waals surface area contributed by atoms with Crippen LogP contribution in [-0.4, -0.2) is 4.98 Å². The maximum absolute atomic E-state index is 12.6. The van der Waals surface area contributed by atoms with Gasteiger partial charge in [0.1, 0.15) is 6.67 Å². The lowest BCUT2D eigenvalue weighted by Crippen LogP contribution is -1.98. The van der Waals surface area contributed by atoms with Crippen molar-refractivity contribution in [3.8, 4) is 0 Å². The Balaban J connectivity index is 3.20. The number of hydrogen-bond acceptors (Lipinski definition) is 1. The van der Waals surface area contributed by atoms with E-state index in [9.17, 15) is 17.6 Å². The minimum atomic E-state index is -3.00. The van der Waals surface area contributed by atoms with E-state index in [1.54, 1.807) is 0 Å². The molecule has 1 rings (SSSR count). The van der Waals surface area contributed by atoms with Crippen LogP contribution >= 0.6 is 0 Å². The van der Waals surface area contributed by atoms with Gasteiger partial charge in [-0.3, -0.25) is 4.98 Å². The summed E-state index contributed by atoms with van der Waals surface area (Å²) in [5.74, 6) is -1.17. The van der Waals surface area contributed by atoms with Crippen molar-refractivity contribution < 1.29 is 17.6 Å². The van der Waals surface area contributed by atoms with E-state index in [-0.39, 0.29) is 0 Å². The standard InChI is InChI=1S/C7H5F4N/c8-1-4-2-12-3-5(9)6(4)7(10)11/h2-3,7H,1H2. The predicted molar refractivity (Wildman–Crippen MR) is 34.0 cm³/mol. The Morgan fingerprint density at radius 3 is 2.42 bits per heavy atom. The van der Waals surface area contributed by atoms with E-state index in [2.05, 4.69) is 4.98 Å². The molecule has 0 bridgehead atoms. The first-order valence-corrected chi connectivity index (χ1v) is 3.13. The lowest BCUT2D eigenvalue weighted by atomic mass is 10.1. The van der Waals surface area contributed by atoms with E-state index in [4.69, 9.17) is 0 Å². The molecule has 0 spiro atoms. The first-order chi connectivity index (χ1) is 5.66. The summed E-state index contributed by atoms with van der Waals surface area (Å²) in [7, 11) is 0. The zero-order valence-electron chi connectivity index (χ0n) is 5.90. The van der Waals surface area contributed by atoms with Gasteiger partial charge in [-0.2, -0.15) is 0 Å². The smallest absolute Gasteiger partial charge is 0.261 e. The van der Waals surface area contributed by atoms with Crippen molar-refractivity contribution in [1.29, 1.82) is 0 Å². The van der Waals surface area contributed by atoms with Crippen LogP contribution in [-0.2, 0) is 6.67 Å². The molecule has 0 aliphatic rings. The van der Waals surface area contributed by atoms with Gasteiger partial charge in [0.15, 0.2) is 5.82 Å². The minimum absolute atomic E-state index is 0.398. The number of alkyl halides is 3. The van der Waals surface area contributed by atoms with Crippen LogP contribution in [0.4, 0.5) is 17.6 Å². The Morgan fingerprint density at radius 1 is 1.33 bits per heavy atom. The first kappa shape index (κ1) is 8.96. The molecule has 0 fully saturated rings. The highest BCUT2D eigenvalue weighted by Gasteiger charge is 2.18. The van der Waals surface area contributed by atoms with Crippen molar-refractivity contribution in [2.75, 3.05) is 0 Å². The SMILES string of the molecule is FCc1cncc(F)c1C(F)F. The minimum Gasteiger partial charge on any atom is -0.261 e.